The van der Waals surface area contributed by atoms with Gasteiger partial charge in [-0.15, -0.1) is 0 Å². The Morgan fingerprint density at radius 2 is 1.87 bits per heavy atom. The van der Waals surface area contributed by atoms with Crippen molar-refractivity contribution in [2.45, 2.75) is 75.7 Å². The summed E-state index contributed by atoms with van der Waals surface area (Å²) in [5.74, 6) is 0.823. The van der Waals surface area contributed by atoms with Crippen LogP contribution in [0.2, 0.25) is 0 Å². The summed E-state index contributed by atoms with van der Waals surface area (Å²) in [5.41, 5.74) is 0. The summed E-state index contributed by atoms with van der Waals surface area (Å²) in [4.78, 5) is 2.53. The highest BCUT2D eigenvalue weighted by atomic mass is 32.2. The van der Waals surface area contributed by atoms with E-state index in [9.17, 15) is 8.42 Å². The van der Waals surface area contributed by atoms with E-state index in [1.807, 2.05) is 6.92 Å². The Hall–Kier alpha value is -0.170. The average molecular weight is 345 g/mol. The lowest BCUT2D eigenvalue weighted by Crippen LogP contribution is -2.45. The van der Waals surface area contributed by atoms with Crippen LogP contribution in [0.4, 0.5) is 0 Å². The summed E-state index contributed by atoms with van der Waals surface area (Å²) < 4.78 is 33.3. The molecule has 0 amide bonds. The molecule has 3 aliphatic rings. The molecule has 5 nitrogen and oxygen atoms in total. The molecular weight excluding hydrogens is 312 g/mol. The van der Waals surface area contributed by atoms with Gasteiger partial charge in [0.2, 0.25) is 10.0 Å². The number of sulfonamides is 1. The molecule has 3 atom stereocenters. The van der Waals surface area contributed by atoms with Gasteiger partial charge in [-0.2, -0.15) is 0 Å². The van der Waals surface area contributed by atoms with E-state index >= 15 is 0 Å². The van der Waals surface area contributed by atoms with Crippen LogP contribution in [-0.4, -0.2) is 57.0 Å². The normalized spacial score (nSPS) is 34.2. The SMILES string of the molecule is CC1OCCC1S(=O)(=O)NCC1CCCN1CC1CCCCC1. The third-order valence-electron chi connectivity index (χ3n) is 5.94. The fourth-order valence-corrected chi connectivity index (χ4v) is 6.14. The molecule has 134 valence electrons. The average Bonchev–Trinajstić information content (AvgIpc) is 3.16. The number of nitrogens with one attached hydrogen (secondary N) is 1. The lowest BCUT2D eigenvalue weighted by atomic mass is 9.89. The molecule has 1 aliphatic carbocycles. The Kier molecular flexibility index (Phi) is 5.99. The molecule has 2 aliphatic heterocycles. The Bertz CT molecular complexity index is 476. The number of hydrogen-bond acceptors (Lipinski definition) is 4. The number of likely N-dealkylation sites (tertiary alicyclic amines) is 1. The number of hydrogen-bond donors (Lipinski definition) is 1. The number of nitrogens with zero attached hydrogens (tertiary/aromatic N) is 1. The second kappa shape index (κ2) is 7.81. The molecule has 3 rings (SSSR count). The Balaban J connectivity index is 1.50. The maximum absolute atomic E-state index is 12.5. The minimum Gasteiger partial charge on any atom is -0.377 e. The van der Waals surface area contributed by atoms with E-state index in [4.69, 9.17) is 4.74 Å². The van der Waals surface area contributed by atoms with Crippen molar-refractivity contribution in [3.8, 4) is 0 Å². The molecule has 6 heteroatoms. The Labute approximate surface area is 141 Å². The van der Waals surface area contributed by atoms with Gasteiger partial charge in [-0.1, -0.05) is 19.3 Å². The fraction of sp³-hybridized carbons (Fsp3) is 1.00. The smallest absolute Gasteiger partial charge is 0.217 e. The zero-order valence-electron chi connectivity index (χ0n) is 14.4. The number of rotatable bonds is 6. The number of ether oxygens (including phenoxy) is 1. The van der Waals surface area contributed by atoms with Crippen LogP contribution in [0.1, 0.15) is 58.3 Å². The van der Waals surface area contributed by atoms with Gasteiger partial charge in [-0.05, 0) is 51.5 Å². The predicted molar refractivity (Wildman–Crippen MR) is 91.9 cm³/mol. The van der Waals surface area contributed by atoms with Crippen LogP contribution in [0, 0.1) is 5.92 Å². The first-order valence-electron chi connectivity index (χ1n) is 9.40. The van der Waals surface area contributed by atoms with Crippen LogP contribution in [-0.2, 0) is 14.8 Å². The van der Waals surface area contributed by atoms with Crippen molar-refractivity contribution in [1.82, 2.24) is 9.62 Å². The van der Waals surface area contributed by atoms with Crippen LogP contribution in [0.15, 0.2) is 0 Å². The second-order valence-electron chi connectivity index (χ2n) is 7.59. The molecule has 0 bridgehead atoms. The van der Waals surface area contributed by atoms with E-state index in [2.05, 4.69) is 9.62 Å². The largest absolute Gasteiger partial charge is 0.377 e. The van der Waals surface area contributed by atoms with Crippen LogP contribution in [0.5, 0.6) is 0 Å². The highest BCUT2D eigenvalue weighted by Gasteiger charge is 2.36. The van der Waals surface area contributed by atoms with Gasteiger partial charge in [0, 0.05) is 25.7 Å². The first kappa shape index (κ1) is 17.6. The minimum atomic E-state index is -3.25. The van der Waals surface area contributed by atoms with Crippen molar-refractivity contribution in [3.05, 3.63) is 0 Å². The molecule has 0 radical (unpaired) electrons. The highest BCUT2D eigenvalue weighted by molar-refractivity contribution is 7.90. The van der Waals surface area contributed by atoms with E-state index in [0.717, 1.165) is 25.4 Å². The van der Waals surface area contributed by atoms with Gasteiger partial charge in [0.15, 0.2) is 0 Å². The van der Waals surface area contributed by atoms with Crippen LogP contribution < -0.4 is 4.72 Å². The quantitative estimate of drug-likeness (QED) is 0.802. The van der Waals surface area contributed by atoms with Gasteiger partial charge in [-0.3, -0.25) is 4.90 Å². The predicted octanol–water partition coefficient (Wildman–Crippen LogP) is 2.13. The van der Waals surface area contributed by atoms with E-state index < -0.39 is 10.0 Å². The van der Waals surface area contributed by atoms with E-state index in [1.54, 1.807) is 0 Å². The van der Waals surface area contributed by atoms with Crippen molar-refractivity contribution in [2.24, 2.45) is 5.92 Å². The van der Waals surface area contributed by atoms with Gasteiger partial charge >= 0.3 is 0 Å². The van der Waals surface area contributed by atoms with Crippen LogP contribution in [0.3, 0.4) is 0 Å². The van der Waals surface area contributed by atoms with E-state index in [0.29, 0.717) is 25.6 Å². The van der Waals surface area contributed by atoms with Gasteiger partial charge < -0.3 is 4.74 Å². The molecule has 1 saturated carbocycles. The Morgan fingerprint density at radius 1 is 1.09 bits per heavy atom. The Morgan fingerprint density at radius 3 is 2.57 bits per heavy atom. The van der Waals surface area contributed by atoms with Gasteiger partial charge in [0.25, 0.3) is 0 Å². The molecule has 23 heavy (non-hydrogen) atoms. The topological polar surface area (TPSA) is 58.6 Å². The van der Waals surface area contributed by atoms with Crippen molar-refractivity contribution < 1.29 is 13.2 Å². The zero-order valence-corrected chi connectivity index (χ0v) is 15.2. The van der Waals surface area contributed by atoms with Crippen molar-refractivity contribution in [2.75, 3.05) is 26.2 Å². The maximum Gasteiger partial charge on any atom is 0.217 e. The lowest BCUT2D eigenvalue weighted by molar-refractivity contribution is 0.126. The molecule has 2 heterocycles. The molecule has 3 unspecified atom stereocenters. The van der Waals surface area contributed by atoms with Gasteiger partial charge in [0.1, 0.15) is 5.25 Å². The van der Waals surface area contributed by atoms with Crippen molar-refractivity contribution in [1.29, 1.82) is 0 Å². The zero-order chi connectivity index (χ0) is 16.3. The third kappa shape index (κ3) is 4.47. The summed E-state index contributed by atoms with van der Waals surface area (Å²) in [6.07, 6.45) is 9.58. The minimum absolute atomic E-state index is 0.186. The summed E-state index contributed by atoms with van der Waals surface area (Å²) in [6.45, 7) is 5.28. The molecule has 2 saturated heterocycles. The monoisotopic (exact) mass is 344 g/mol. The summed E-state index contributed by atoms with van der Waals surface area (Å²) in [7, 11) is -3.25. The van der Waals surface area contributed by atoms with Gasteiger partial charge in [0.05, 0.1) is 6.10 Å². The summed E-state index contributed by atoms with van der Waals surface area (Å²) in [6, 6.07) is 0.379. The second-order valence-corrected chi connectivity index (χ2v) is 9.58. The molecular formula is C17H32N2O3S. The molecule has 3 fully saturated rings. The van der Waals surface area contributed by atoms with E-state index in [1.165, 1.54) is 38.5 Å². The van der Waals surface area contributed by atoms with Crippen LogP contribution in [0.25, 0.3) is 0 Å². The van der Waals surface area contributed by atoms with Crippen molar-refractivity contribution >= 4 is 10.0 Å². The summed E-state index contributed by atoms with van der Waals surface area (Å²) in [5, 5.41) is -0.379. The van der Waals surface area contributed by atoms with Gasteiger partial charge in [-0.25, -0.2) is 13.1 Å². The first-order valence-corrected chi connectivity index (χ1v) is 10.9. The summed E-state index contributed by atoms with van der Waals surface area (Å²) >= 11 is 0. The first-order chi connectivity index (χ1) is 11.1. The molecule has 1 N–H and O–H groups in total. The molecule has 0 aromatic rings. The van der Waals surface area contributed by atoms with Crippen molar-refractivity contribution in [3.63, 3.8) is 0 Å². The molecule has 0 aromatic heterocycles. The lowest BCUT2D eigenvalue weighted by Gasteiger charge is -2.31. The highest BCUT2D eigenvalue weighted by Crippen LogP contribution is 2.27. The van der Waals surface area contributed by atoms with Crippen LogP contribution >= 0.6 is 0 Å². The molecule has 0 spiro atoms. The maximum atomic E-state index is 12.5. The third-order valence-corrected chi connectivity index (χ3v) is 7.93. The van der Waals surface area contributed by atoms with E-state index in [-0.39, 0.29) is 11.4 Å². The molecule has 0 aromatic carbocycles. The fourth-order valence-electron chi connectivity index (χ4n) is 4.51. The standard InChI is InChI=1S/C17H32N2O3S/c1-14-17(9-11-22-14)23(20,21)18-12-16-8-5-10-19(16)13-15-6-3-2-4-7-15/h14-18H,2-13H2,1H3.